The summed E-state index contributed by atoms with van der Waals surface area (Å²) in [7, 11) is 0. The van der Waals surface area contributed by atoms with Crippen molar-refractivity contribution in [3.8, 4) is 0 Å². The first-order chi connectivity index (χ1) is 7.67. The van der Waals surface area contributed by atoms with Gasteiger partial charge in [0.2, 0.25) is 0 Å². The van der Waals surface area contributed by atoms with Crippen LogP contribution in [0, 0.1) is 11.8 Å². The summed E-state index contributed by atoms with van der Waals surface area (Å²) in [6.45, 7) is 10.6. The Morgan fingerprint density at radius 2 is 2.12 bits per heavy atom. The summed E-state index contributed by atoms with van der Waals surface area (Å²) in [5.41, 5.74) is 0. The fraction of sp³-hybridized carbons (Fsp3) is 1.00. The maximum absolute atomic E-state index is 6.26. The molecule has 0 aromatic carbocycles. The Labute approximate surface area is 107 Å². The van der Waals surface area contributed by atoms with Crippen LogP contribution in [0.1, 0.15) is 52.9 Å². The van der Waals surface area contributed by atoms with E-state index in [-0.39, 0.29) is 0 Å². The van der Waals surface area contributed by atoms with Crippen LogP contribution in [0.3, 0.4) is 0 Å². The van der Waals surface area contributed by atoms with Crippen molar-refractivity contribution in [1.29, 1.82) is 0 Å². The van der Waals surface area contributed by atoms with E-state index in [4.69, 9.17) is 11.6 Å². The molecule has 0 aliphatic carbocycles. The number of unbranched alkanes of at least 4 members (excludes halogenated alkanes) is 1. The van der Waals surface area contributed by atoms with Crippen LogP contribution in [0.5, 0.6) is 0 Å². The number of alkyl halides is 1. The summed E-state index contributed by atoms with van der Waals surface area (Å²) in [4.78, 5) is 2.63. The van der Waals surface area contributed by atoms with Crippen LogP contribution < -0.4 is 0 Å². The lowest BCUT2D eigenvalue weighted by Gasteiger charge is -2.36. The van der Waals surface area contributed by atoms with Crippen molar-refractivity contribution in [2.75, 3.05) is 19.6 Å². The van der Waals surface area contributed by atoms with Gasteiger partial charge in [-0.25, -0.2) is 0 Å². The highest BCUT2D eigenvalue weighted by Crippen LogP contribution is 2.24. The third kappa shape index (κ3) is 4.63. The topological polar surface area (TPSA) is 3.24 Å². The lowest BCUT2D eigenvalue weighted by Crippen LogP contribution is -2.42. The quantitative estimate of drug-likeness (QED) is 0.636. The number of likely N-dealkylation sites (tertiary alicyclic amines) is 1. The Kier molecular flexibility index (Phi) is 6.75. The average molecular weight is 246 g/mol. The Morgan fingerprint density at radius 3 is 2.69 bits per heavy atom. The van der Waals surface area contributed by atoms with Gasteiger partial charge in [-0.15, -0.1) is 11.6 Å². The average Bonchev–Trinajstić information content (AvgIpc) is 2.29. The molecule has 1 nitrogen and oxygen atoms in total. The molecule has 2 heteroatoms. The Morgan fingerprint density at radius 1 is 1.38 bits per heavy atom. The second kappa shape index (κ2) is 7.55. The molecule has 0 amide bonds. The van der Waals surface area contributed by atoms with Gasteiger partial charge in [0, 0.05) is 18.5 Å². The standard InChI is InChI=1S/C14H28ClN/c1-4-6-7-13(5-2)11-16-9-8-14(15)12(3)10-16/h12-14H,4-11H2,1-3H3. The maximum Gasteiger partial charge on any atom is 0.0386 e. The molecule has 1 aliphatic rings. The first kappa shape index (κ1) is 14.3. The van der Waals surface area contributed by atoms with E-state index in [9.17, 15) is 0 Å². The van der Waals surface area contributed by atoms with E-state index in [0.717, 1.165) is 5.92 Å². The zero-order valence-electron chi connectivity index (χ0n) is 11.2. The zero-order chi connectivity index (χ0) is 12.0. The van der Waals surface area contributed by atoms with Crippen LogP contribution in [0.4, 0.5) is 0 Å². The van der Waals surface area contributed by atoms with Gasteiger partial charge >= 0.3 is 0 Å². The second-order valence-corrected chi connectivity index (χ2v) is 6.02. The molecular formula is C14H28ClN. The normalized spacial score (nSPS) is 29.2. The van der Waals surface area contributed by atoms with Crippen molar-refractivity contribution < 1.29 is 0 Å². The minimum Gasteiger partial charge on any atom is -0.303 e. The lowest BCUT2D eigenvalue weighted by molar-refractivity contribution is 0.155. The third-order valence-electron chi connectivity index (χ3n) is 3.94. The molecule has 3 unspecified atom stereocenters. The van der Waals surface area contributed by atoms with Gasteiger partial charge in [0.1, 0.15) is 0 Å². The van der Waals surface area contributed by atoms with Gasteiger partial charge in [-0.2, -0.15) is 0 Å². The summed E-state index contributed by atoms with van der Waals surface area (Å²) in [5.74, 6) is 1.57. The molecule has 1 saturated heterocycles. The monoisotopic (exact) mass is 245 g/mol. The highest BCUT2D eigenvalue weighted by molar-refractivity contribution is 6.20. The van der Waals surface area contributed by atoms with Crippen molar-refractivity contribution in [1.82, 2.24) is 4.90 Å². The van der Waals surface area contributed by atoms with Crippen molar-refractivity contribution in [2.24, 2.45) is 11.8 Å². The molecule has 1 rings (SSSR count). The number of rotatable bonds is 6. The first-order valence-corrected chi connectivity index (χ1v) is 7.47. The van der Waals surface area contributed by atoms with Gasteiger partial charge in [-0.05, 0) is 31.2 Å². The number of hydrogen-bond acceptors (Lipinski definition) is 1. The Hall–Kier alpha value is 0.250. The first-order valence-electron chi connectivity index (χ1n) is 7.03. The van der Waals surface area contributed by atoms with Crippen LogP contribution in [0.15, 0.2) is 0 Å². The molecule has 0 bridgehead atoms. The van der Waals surface area contributed by atoms with Gasteiger partial charge in [0.15, 0.2) is 0 Å². The van der Waals surface area contributed by atoms with Crippen LogP contribution in [0.25, 0.3) is 0 Å². The van der Waals surface area contributed by atoms with Gasteiger partial charge in [-0.1, -0.05) is 40.0 Å². The summed E-state index contributed by atoms with van der Waals surface area (Å²) in [5, 5.41) is 0.409. The van der Waals surface area contributed by atoms with Gasteiger partial charge in [0.25, 0.3) is 0 Å². The maximum atomic E-state index is 6.26. The highest BCUT2D eigenvalue weighted by Gasteiger charge is 2.25. The summed E-state index contributed by atoms with van der Waals surface area (Å²) >= 11 is 6.26. The fourth-order valence-electron chi connectivity index (χ4n) is 2.65. The minimum absolute atomic E-state index is 0.409. The van der Waals surface area contributed by atoms with Crippen molar-refractivity contribution in [3.05, 3.63) is 0 Å². The van der Waals surface area contributed by atoms with Crippen molar-refractivity contribution in [2.45, 2.75) is 58.3 Å². The minimum atomic E-state index is 0.409. The smallest absolute Gasteiger partial charge is 0.0386 e. The van der Waals surface area contributed by atoms with Gasteiger partial charge < -0.3 is 4.90 Å². The van der Waals surface area contributed by atoms with Gasteiger partial charge in [-0.3, -0.25) is 0 Å². The Balaban J connectivity index is 2.29. The predicted molar refractivity (Wildman–Crippen MR) is 73.2 cm³/mol. The number of piperidine rings is 1. The molecule has 0 aromatic heterocycles. The molecule has 1 fully saturated rings. The van der Waals surface area contributed by atoms with Crippen molar-refractivity contribution >= 4 is 11.6 Å². The van der Waals surface area contributed by atoms with E-state index in [2.05, 4.69) is 25.7 Å². The molecule has 1 heterocycles. The molecule has 0 N–H and O–H groups in total. The largest absolute Gasteiger partial charge is 0.303 e. The summed E-state index contributed by atoms with van der Waals surface area (Å²) in [6.07, 6.45) is 6.63. The highest BCUT2D eigenvalue weighted by atomic mass is 35.5. The zero-order valence-corrected chi connectivity index (χ0v) is 12.0. The van der Waals surface area contributed by atoms with E-state index in [1.807, 2.05) is 0 Å². The molecule has 96 valence electrons. The van der Waals surface area contributed by atoms with Crippen molar-refractivity contribution in [3.63, 3.8) is 0 Å². The molecule has 0 aromatic rings. The predicted octanol–water partition coefficient (Wildman–Crippen LogP) is 4.15. The van der Waals surface area contributed by atoms with E-state index in [1.54, 1.807) is 0 Å². The van der Waals surface area contributed by atoms with E-state index in [0.29, 0.717) is 11.3 Å². The lowest BCUT2D eigenvalue weighted by atomic mass is 9.95. The summed E-state index contributed by atoms with van der Waals surface area (Å²) < 4.78 is 0. The van der Waals surface area contributed by atoms with Crippen LogP contribution in [-0.4, -0.2) is 29.9 Å². The van der Waals surface area contributed by atoms with Crippen LogP contribution >= 0.6 is 11.6 Å². The molecule has 16 heavy (non-hydrogen) atoms. The van der Waals surface area contributed by atoms with E-state index >= 15 is 0 Å². The van der Waals surface area contributed by atoms with Crippen LogP contribution in [-0.2, 0) is 0 Å². The number of halogens is 1. The SMILES string of the molecule is CCCCC(CC)CN1CCC(Cl)C(C)C1. The molecule has 0 saturated carbocycles. The fourth-order valence-corrected chi connectivity index (χ4v) is 2.83. The van der Waals surface area contributed by atoms with Gasteiger partial charge in [0.05, 0.1) is 0 Å². The van der Waals surface area contributed by atoms with E-state index < -0.39 is 0 Å². The molecular weight excluding hydrogens is 218 g/mol. The Bertz CT molecular complexity index is 184. The third-order valence-corrected chi connectivity index (χ3v) is 4.59. The number of nitrogens with zero attached hydrogens (tertiary/aromatic N) is 1. The molecule has 3 atom stereocenters. The second-order valence-electron chi connectivity index (χ2n) is 5.46. The summed E-state index contributed by atoms with van der Waals surface area (Å²) in [6, 6.07) is 0. The molecule has 1 aliphatic heterocycles. The molecule has 0 spiro atoms. The molecule has 0 radical (unpaired) electrons. The van der Waals surface area contributed by atoms with E-state index in [1.165, 1.54) is 51.7 Å². The van der Waals surface area contributed by atoms with Crippen LogP contribution in [0.2, 0.25) is 0 Å². The number of hydrogen-bond donors (Lipinski definition) is 0.